The number of phosphoric ester groups is 1. The highest BCUT2D eigenvalue weighted by Gasteiger charge is 2.21. The Balaban J connectivity index is 2.61. The molecule has 1 aromatic carbocycles. The number of hydrogen-bond acceptors (Lipinski definition) is 2. The van der Waals surface area contributed by atoms with E-state index < -0.39 is 7.82 Å². The summed E-state index contributed by atoms with van der Waals surface area (Å²) in [6.45, 7) is 0. The Morgan fingerprint density at radius 1 is 1.31 bits per heavy atom. The lowest BCUT2D eigenvalue weighted by atomic mass is 10.2. The molecule has 0 spiro atoms. The predicted molar refractivity (Wildman–Crippen MR) is 61.0 cm³/mol. The Kier molecular flexibility index (Phi) is 2.90. The van der Waals surface area contributed by atoms with E-state index in [1.54, 1.807) is 18.2 Å². The van der Waals surface area contributed by atoms with E-state index in [4.69, 9.17) is 33.0 Å². The van der Waals surface area contributed by atoms with Crippen LogP contribution in [0.1, 0.15) is 0 Å². The standard InChI is InChI=1S/C8H6Cl2NO4P/c9-4-2-1-3-5-6(4)7(10)8(11-5)15-16(12,13)14/h1-3,11H,(H2,12,13,14). The highest BCUT2D eigenvalue weighted by Crippen LogP contribution is 2.44. The molecule has 0 saturated heterocycles. The molecule has 0 aliphatic heterocycles. The molecular weight excluding hydrogens is 276 g/mol. The van der Waals surface area contributed by atoms with Crippen molar-refractivity contribution in [2.75, 3.05) is 0 Å². The number of hydrogen-bond donors (Lipinski definition) is 3. The minimum Gasteiger partial charge on any atom is -0.386 e. The molecule has 0 radical (unpaired) electrons. The van der Waals surface area contributed by atoms with Crippen molar-refractivity contribution in [1.82, 2.24) is 4.98 Å². The number of halogens is 2. The number of rotatable bonds is 2. The SMILES string of the molecule is O=P(O)(O)Oc1[nH]c2cccc(Cl)c2c1Cl. The number of fused-ring (bicyclic) bond motifs is 1. The Bertz CT molecular complexity index is 591. The van der Waals surface area contributed by atoms with Crippen LogP contribution >= 0.6 is 31.0 Å². The van der Waals surface area contributed by atoms with Crippen molar-refractivity contribution in [3.63, 3.8) is 0 Å². The third-order valence-corrected chi connectivity index (χ3v) is 2.99. The van der Waals surface area contributed by atoms with Crippen LogP contribution in [0.25, 0.3) is 10.9 Å². The molecule has 2 rings (SSSR count). The minimum atomic E-state index is -4.64. The van der Waals surface area contributed by atoms with Gasteiger partial charge in [-0.15, -0.1) is 0 Å². The van der Waals surface area contributed by atoms with Crippen LogP contribution in [0.4, 0.5) is 0 Å². The van der Waals surface area contributed by atoms with Crippen molar-refractivity contribution in [2.45, 2.75) is 0 Å². The molecule has 0 atom stereocenters. The van der Waals surface area contributed by atoms with Crippen molar-refractivity contribution >= 4 is 41.9 Å². The van der Waals surface area contributed by atoms with E-state index in [1.165, 1.54) is 0 Å². The van der Waals surface area contributed by atoms with Crippen LogP contribution in [0.5, 0.6) is 5.88 Å². The topological polar surface area (TPSA) is 82.6 Å². The van der Waals surface area contributed by atoms with Gasteiger partial charge < -0.3 is 9.51 Å². The molecule has 0 aliphatic carbocycles. The minimum absolute atomic E-state index is 0.0453. The molecule has 1 aromatic heterocycles. The summed E-state index contributed by atoms with van der Waals surface area (Å²) in [7, 11) is -4.64. The first-order valence-electron chi connectivity index (χ1n) is 4.09. The number of H-pyrrole nitrogens is 1. The molecule has 8 heteroatoms. The molecule has 0 unspecified atom stereocenters. The maximum Gasteiger partial charge on any atom is 0.526 e. The van der Waals surface area contributed by atoms with Gasteiger partial charge in [-0.1, -0.05) is 29.3 Å². The van der Waals surface area contributed by atoms with Gasteiger partial charge >= 0.3 is 7.82 Å². The van der Waals surface area contributed by atoms with E-state index in [1.807, 2.05) is 0 Å². The number of phosphoric acid groups is 1. The number of nitrogens with one attached hydrogen (secondary N) is 1. The van der Waals surface area contributed by atoms with E-state index in [2.05, 4.69) is 9.51 Å². The van der Waals surface area contributed by atoms with Gasteiger partial charge in [0.15, 0.2) is 0 Å². The van der Waals surface area contributed by atoms with Crippen molar-refractivity contribution in [3.05, 3.63) is 28.2 Å². The van der Waals surface area contributed by atoms with Crippen LogP contribution in [0.2, 0.25) is 10.0 Å². The Morgan fingerprint density at radius 2 is 2.00 bits per heavy atom. The number of benzene rings is 1. The quantitative estimate of drug-likeness (QED) is 0.739. The second kappa shape index (κ2) is 3.95. The van der Waals surface area contributed by atoms with Crippen LogP contribution in [0.3, 0.4) is 0 Å². The van der Waals surface area contributed by atoms with E-state index in [0.717, 1.165) is 0 Å². The van der Waals surface area contributed by atoms with Gasteiger partial charge in [-0.05, 0) is 12.1 Å². The first-order chi connectivity index (χ1) is 7.38. The molecule has 0 saturated carbocycles. The van der Waals surface area contributed by atoms with Crippen molar-refractivity contribution in [2.24, 2.45) is 0 Å². The first kappa shape index (κ1) is 11.8. The number of aromatic nitrogens is 1. The zero-order chi connectivity index (χ0) is 11.9. The average Bonchev–Trinajstić information content (AvgIpc) is 2.42. The lowest BCUT2D eigenvalue weighted by Crippen LogP contribution is -1.90. The fourth-order valence-electron chi connectivity index (χ4n) is 1.32. The van der Waals surface area contributed by atoms with Gasteiger partial charge in [0.2, 0.25) is 5.88 Å². The van der Waals surface area contributed by atoms with Crippen LogP contribution in [0, 0.1) is 0 Å². The Morgan fingerprint density at radius 3 is 2.56 bits per heavy atom. The zero-order valence-electron chi connectivity index (χ0n) is 7.65. The summed E-state index contributed by atoms with van der Waals surface area (Å²) in [4.78, 5) is 20.0. The predicted octanol–water partition coefficient (Wildman–Crippen LogP) is 2.95. The smallest absolute Gasteiger partial charge is 0.386 e. The zero-order valence-corrected chi connectivity index (χ0v) is 10.1. The lowest BCUT2D eigenvalue weighted by Gasteiger charge is -2.03. The lowest BCUT2D eigenvalue weighted by molar-refractivity contribution is 0.280. The van der Waals surface area contributed by atoms with E-state index in [9.17, 15) is 4.57 Å². The van der Waals surface area contributed by atoms with Gasteiger partial charge in [0.25, 0.3) is 0 Å². The summed E-state index contributed by atoms with van der Waals surface area (Å²) in [5, 5.41) is 0.887. The van der Waals surface area contributed by atoms with Gasteiger partial charge in [-0.2, -0.15) is 0 Å². The molecule has 5 nitrogen and oxygen atoms in total. The molecule has 0 fully saturated rings. The van der Waals surface area contributed by atoms with Crippen molar-refractivity contribution in [3.8, 4) is 5.88 Å². The molecule has 2 aromatic rings. The van der Waals surface area contributed by atoms with Gasteiger partial charge in [-0.25, -0.2) is 4.57 Å². The van der Waals surface area contributed by atoms with E-state index >= 15 is 0 Å². The maximum absolute atomic E-state index is 10.7. The van der Waals surface area contributed by atoms with Gasteiger partial charge in [0.05, 0.1) is 10.5 Å². The average molecular weight is 282 g/mol. The van der Waals surface area contributed by atoms with E-state index in [-0.39, 0.29) is 10.9 Å². The highest BCUT2D eigenvalue weighted by atomic mass is 35.5. The molecule has 3 N–H and O–H groups in total. The largest absolute Gasteiger partial charge is 0.526 e. The molecular formula is C8H6Cl2NO4P. The molecule has 0 amide bonds. The first-order valence-corrected chi connectivity index (χ1v) is 6.38. The summed E-state index contributed by atoms with van der Waals surface area (Å²) in [5.41, 5.74) is 0.543. The summed E-state index contributed by atoms with van der Waals surface area (Å²) < 4.78 is 15.1. The highest BCUT2D eigenvalue weighted by molar-refractivity contribution is 7.46. The Labute approximate surface area is 100 Å². The normalized spacial score (nSPS) is 12.0. The fraction of sp³-hybridized carbons (Fsp3) is 0. The summed E-state index contributed by atoms with van der Waals surface area (Å²) in [6, 6.07) is 4.96. The molecule has 1 heterocycles. The summed E-state index contributed by atoms with van der Waals surface area (Å²) >= 11 is 11.8. The molecule has 0 aliphatic rings. The van der Waals surface area contributed by atoms with Crippen LogP contribution in [0.15, 0.2) is 18.2 Å². The molecule has 86 valence electrons. The van der Waals surface area contributed by atoms with E-state index in [0.29, 0.717) is 15.9 Å². The van der Waals surface area contributed by atoms with Crippen LogP contribution in [-0.4, -0.2) is 14.8 Å². The second-order valence-corrected chi connectivity index (χ2v) is 4.96. The van der Waals surface area contributed by atoms with Crippen molar-refractivity contribution < 1.29 is 18.9 Å². The summed E-state index contributed by atoms with van der Waals surface area (Å²) in [6.07, 6.45) is 0. The van der Waals surface area contributed by atoms with Crippen LogP contribution < -0.4 is 4.52 Å². The maximum atomic E-state index is 10.7. The van der Waals surface area contributed by atoms with Gasteiger partial charge in [-0.3, -0.25) is 9.79 Å². The van der Waals surface area contributed by atoms with Gasteiger partial charge in [0, 0.05) is 5.39 Å². The second-order valence-electron chi connectivity index (χ2n) is 3.01. The Hall–Kier alpha value is -0.710. The van der Waals surface area contributed by atoms with Crippen LogP contribution in [-0.2, 0) is 4.57 Å². The monoisotopic (exact) mass is 281 g/mol. The molecule has 16 heavy (non-hydrogen) atoms. The fourth-order valence-corrected chi connectivity index (χ4v) is 2.36. The van der Waals surface area contributed by atoms with Gasteiger partial charge in [0.1, 0.15) is 5.02 Å². The third kappa shape index (κ3) is 2.19. The van der Waals surface area contributed by atoms with Crippen molar-refractivity contribution in [1.29, 1.82) is 0 Å². The third-order valence-electron chi connectivity index (χ3n) is 1.89. The summed E-state index contributed by atoms with van der Waals surface area (Å²) in [5.74, 6) is -0.196. The number of aromatic amines is 1. The molecule has 0 bridgehead atoms.